The second-order valence-corrected chi connectivity index (χ2v) is 13.2. The van der Waals surface area contributed by atoms with E-state index in [2.05, 4.69) is 182 Å². The standard InChI is InChI=1S/C45H39N7/c1-4-16-34(17-5-1)43-46-37-22-10-13-25-40(37)50(43)31-28-49(29-32-51-41-26-14-11-23-38(41)47-44(51)35-18-6-2-7-19-35)30-33-52-42-27-15-12-24-39(42)48-45(52)36-20-8-3-9-21-36/h1-27H,28-33H2. The second-order valence-electron chi connectivity index (χ2n) is 13.2. The van der Waals surface area contributed by atoms with Crippen molar-refractivity contribution in [3.05, 3.63) is 164 Å². The number of rotatable bonds is 12. The molecule has 9 aromatic rings. The zero-order valence-corrected chi connectivity index (χ0v) is 29.0. The summed E-state index contributed by atoms with van der Waals surface area (Å²) in [5.41, 5.74) is 9.88. The number of benzene rings is 6. The first kappa shape index (κ1) is 31.7. The van der Waals surface area contributed by atoms with E-state index in [0.717, 1.165) is 107 Å². The summed E-state index contributed by atoms with van der Waals surface area (Å²) in [5.74, 6) is 3.00. The van der Waals surface area contributed by atoms with Gasteiger partial charge in [0.2, 0.25) is 0 Å². The van der Waals surface area contributed by atoms with Gasteiger partial charge in [0.25, 0.3) is 0 Å². The minimum Gasteiger partial charge on any atom is -0.323 e. The van der Waals surface area contributed by atoms with Gasteiger partial charge in [-0.3, -0.25) is 4.90 Å². The lowest BCUT2D eigenvalue weighted by molar-refractivity contribution is 0.247. The van der Waals surface area contributed by atoms with Gasteiger partial charge in [-0.05, 0) is 36.4 Å². The van der Waals surface area contributed by atoms with Crippen LogP contribution >= 0.6 is 0 Å². The zero-order chi connectivity index (χ0) is 34.7. The Morgan fingerprint density at radius 2 is 0.596 bits per heavy atom. The third kappa shape index (κ3) is 6.16. The van der Waals surface area contributed by atoms with Crippen LogP contribution in [-0.4, -0.2) is 53.2 Å². The minimum absolute atomic E-state index is 0.803. The Balaban J connectivity index is 1.07. The van der Waals surface area contributed by atoms with Gasteiger partial charge in [-0.2, -0.15) is 0 Å². The van der Waals surface area contributed by atoms with Crippen LogP contribution in [0.5, 0.6) is 0 Å². The molecule has 3 aromatic heterocycles. The van der Waals surface area contributed by atoms with E-state index in [0.29, 0.717) is 0 Å². The molecular formula is C45H39N7. The van der Waals surface area contributed by atoms with Gasteiger partial charge in [0, 0.05) is 56.0 Å². The summed E-state index contributed by atoms with van der Waals surface area (Å²) < 4.78 is 7.17. The SMILES string of the molecule is c1ccc(-c2nc3ccccc3n2CCN(CCn2c(-c3ccccc3)nc3ccccc32)CCn2c(-c3ccccc3)nc3ccccc32)cc1. The summed E-state index contributed by atoms with van der Waals surface area (Å²) in [7, 11) is 0. The Hall–Kier alpha value is -6.31. The summed E-state index contributed by atoms with van der Waals surface area (Å²) in [5, 5.41) is 0. The maximum absolute atomic E-state index is 5.11. The lowest BCUT2D eigenvalue weighted by Gasteiger charge is -2.25. The Morgan fingerprint density at radius 3 is 0.904 bits per heavy atom. The molecule has 0 aliphatic rings. The highest BCUT2D eigenvalue weighted by Gasteiger charge is 2.18. The molecule has 7 heteroatoms. The number of fused-ring (bicyclic) bond motifs is 3. The van der Waals surface area contributed by atoms with E-state index in [-0.39, 0.29) is 0 Å². The van der Waals surface area contributed by atoms with Gasteiger partial charge in [0.15, 0.2) is 0 Å². The predicted molar refractivity (Wildman–Crippen MR) is 212 cm³/mol. The van der Waals surface area contributed by atoms with E-state index in [1.54, 1.807) is 0 Å². The van der Waals surface area contributed by atoms with Crippen molar-refractivity contribution in [2.75, 3.05) is 19.6 Å². The predicted octanol–water partition coefficient (Wildman–Crippen LogP) is 9.44. The van der Waals surface area contributed by atoms with Crippen molar-refractivity contribution in [2.24, 2.45) is 0 Å². The molecule has 0 atom stereocenters. The van der Waals surface area contributed by atoms with Crippen LogP contribution in [0.15, 0.2) is 164 Å². The molecule has 0 amide bonds. The highest BCUT2D eigenvalue weighted by atomic mass is 15.2. The van der Waals surface area contributed by atoms with Gasteiger partial charge < -0.3 is 13.7 Å². The van der Waals surface area contributed by atoms with E-state index in [4.69, 9.17) is 15.0 Å². The molecule has 52 heavy (non-hydrogen) atoms. The summed E-state index contributed by atoms with van der Waals surface area (Å²) in [6.45, 7) is 4.95. The monoisotopic (exact) mass is 677 g/mol. The highest BCUT2D eigenvalue weighted by molar-refractivity contribution is 5.82. The van der Waals surface area contributed by atoms with Crippen molar-refractivity contribution < 1.29 is 0 Å². The van der Waals surface area contributed by atoms with Crippen molar-refractivity contribution in [1.29, 1.82) is 0 Å². The van der Waals surface area contributed by atoms with Crippen LogP contribution < -0.4 is 0 Å². The maximum atomic E-state index is 5.11. The van der Waals surface area contributed by atoms with Gasteiger partial charge in [0.1, 0.15) is 17.5 Å². The van der Waals surface area contributed by atoms with E-state index in [9.17, 15) is 0 Å². The first-order valence-electron chi connectivity index (χ1n) is 18.0. The number of nitrogens with zero attached hydrogens (tertiary/aromatic N) is 7. The zero-order valence-electron chi connectivity index (χ0n) is 29.0. The van der Waals surface area contributed by atoms with Gasteiger partial charge in [-0.1, -0.05) is 127 Å². The third-order valence-corrected chi connectivity index (χ3v) is 9.98. The average Bonchev–Trinajstić information content (AvgIpc) is 3.90. The van der Waals surface area contributed by atoms with Crippen LogP contribution in [0, 0.1) is 0 Å². The lowest BCUT2D eigenvalue weighted by atomic mass is 10.2. The summed E-state index contributed by atoms with van der Waals surface area (Å²) in [6, 6.07) is 57.1. The molecule has 9 rings (SSSR count). The Kier molecular flexibility index (Phi) is 8.60. The van der Waals surface area contributed by atoms with Crippen LogP contribution in [0.3, 0.4) is 0 Å². The van der Waals surface area contributed by atoms with E-state index < -0.39 is 0 Å². The molecule has 0 fully saturated rings. The van der Waals surface area contributed by atoms with E-state index >= 15 is 0 Å². The molecule has 6 aromatic carbocycles. The molecule has 7 nitrogen and oxygen atoms in total. The molecular weight excluding hydrogens is 639 g/mol. The van der Waals surface area contributed by atoms with Crippen molar-refractivity contribution in [3.8, 4) is 34.2 Å². The van der Waals surface area contributed by atoms with Crippen molar-refractivity contribution in [3.63, 3.8) is 0 Å². The topological polar surface area (TPSA) is 56.7 Å². The summed E-state index contributed by atoms with van der Waals surface area (Å²) >= 11 is 0. The fourth-order valence-electron chi connectivity index (χ4n) is 7.39. The number of aromatic nitrogens is 6. The minimum atomic E-state index is 0.803. The highest BCUT2D eigenvalue weighted by Crippen LogP contribution is 2.28. The van der Waals surface area contributed by atoms with Crippen LogP contribution in [0.25, 0.3) is 67.3 Å². The number of imidazole rings is 3. The second kappa shape index (κ2) is 14.1. The van der Waals surface area contributed by atoms with Crippen LogP contribution in [0.4, 0.5) is 0 Å². The largest absolute Gasteiger partial charge is 0.323 e. The van der Waals surface area contributed by atoms with E-state index in [1.807, 2.05) is 0 Å². The van der Waals surface area contributed by atoms with Crippen LogP contribution in [-0.2, 0) is 19.6 Å². The first-order chi connectivity index (χ1) is 25.8. The lowest BCUT2D eigenvalue weighted by Crippen LogP contribution is -2.34. The molecule has 0 aliphatic heterocycles. The van der Waals surface area contributed by atoms with Crippen molar-refractivity contribution in [2.45, 2.75) is 19.6 Å². The number of hydrogen-bond acceptors (Lipinski definition) is 4. The van der Waals surface area contributed by atoms with Gasteiger partial charge >= 0.3 is 0 Å². The molecule has 0 aliphatic carbocycles. The van der Waals surface area contributed by atoms with Gasteiger partial charge in [0.05, 0.1) is 33.1 Å². The Bertz CT molecular complexity index is 2290. The van der Waals surface area contributed by atoms with Gasteiger partial charge in [-0.25, -0.2) is 15.0 Å². The maximum Gasteiger partial charge on any atom is 0.141 e. The molecule has 0 unspecified atom stereocenters. The third-order valence-electron chi connectivity index (χ3n) is 9.98. The summed E-state index contributed by atoms with van der Waals surface area (Å²) in [6.07, 6.45) is 0. The smallest absolute Gasteiger partial charge is 0.141 e. The summed E-state index contributed by atoms with van der Waals surface area (Å²) in [4.78, 5) is 17.9. The molecule has 0 radical (unpaired) electrons. The number of para-hydroxylation sites is 6. The fourth-order valence-corrected chi connectivity index (χ4v) is 7.39. The average molecular weight is 678 g/mol. The van der Waals surface area contributed by atoms with Crippen molar-refractivity contribution >= 4 is 33.1 Å². The normalized spacial score (nSPS) is 11.7. The van der Waals surface area contributed by atoms with E-state index in [1.165, 1.54) is 0 Å². The molecule has 0 N–H and O–H groups in total. The fraction of sp³-hybridized carbons (Fsp3) is 0.133. The molecule has 0 saturated carbocycles. The number of hydrogen-bond donors (Lipinski definition) is 0. The van der Waals surface area contributed by atoms with Crippen molar-refractivity contribution in [1.82, 2.24) is 33.6 Å². The molecule has 254 valence electrons. The van der Waals surface area contributed by atoms with Crippen LogP contribution in [0.1, 0.15) is 0 Å². The molecule has 0 spiro atoms. The quantitative estimate of drug-likeness (QED) is 0.129. The van der Waals surface area contributed by atoms with Crippen LogP contribution in [0.2, 0.25) is 0 Å². The Morgan fingerprint density at radius 1 is 0.327 bits per heavy atom. The first-order valence-corrected chi connectivity index (χ1v) is 18.0. The Labute approximate surface area is 303 Å². The molecule has 3 heterocycles. The van der Waals surface area contributed by atoms with Gasteiger partial charge in [-0.15, -0.1) is 0 Å². The molecule has 0 bridgehead atoms. The molecule has 0 saturated heterocycles.